The second kappa shape index (κ2) is 4.49. The van der Waals surface area contributed by atoms with Crippen molar-refractivity contribution in [1.29, 1.82) is 0 Å². The Balaban J connectivity index is 2.02. The number of hydrogen-bond acceptors (Lipinski definition) is 4. The van der Waals surface area contributed by atoms with E-state index in [0.29, 0.717) is 11.7 Å². The van der Waals surface area contributed by atoms with E-state index >= 15 is 0 Å². The number of aromatic carboxylic acids is 1. The van der Waals surface area contributed by atoms with Crippen molar-refractivity contribution in [2.75, 3.05) is 11.5 Å². The molecule has 0 amide bonds. The average Bonchev–Trinajstić information content (AvgIpc) is 2.77. The fourth-order valence-corrected chi connectivity index (χ4v) is 2.83. The fraction of sp³-hybridized carbons (Fsp3) is 0.231. The molecule has 1 aromatic carbocycles. The first-order valence-electron chi connectivity index (χ1n) is 5.63. The maximum atomic E-state index is 10.8. The lowest BCUT2D eigenvalue weighted by Crippen LogP contribution is -2.16. The zero-order valence-corrected chi connectivity index (χ0v) is 10.3. The normalized spacial score (nSPS) is 15.3. The van der Waals surface area contributed by atoms with Gasteiger partial charge in [0.25, 0.3) is 0 Å². The summed E-state index contributed by atoms with van der Waals surface area (Å²) in [5, 5.41) is 12.4. The monoisotopic (exact) mass is 261 g/mol. The molecule has 1 saturated heterocycles. The van der Waals surface area contributed by atoms with E-state index in [0.717, 1.165) is 17.1 Å². The van der Waals surface area contributed by atoms with Crippen molar-refractivity contribution in [1.82, 2.24) is 5.16 Å². The van der Waals surface area contributed by atoms with Crippen LogP contribution >= 0.6 is 11.8 Å². The zero-order valence-electron chi connectivity index (χ0n) is 9.50. The fourth-order valence-electron chi connectivity index (χ4n) is 2.00. The van der Waals surface area contributed by atoms with Crippen LogP contribution in [0.25, 0.3) is 11.3 Å². The summed E-state index contributed by atoms with van der Waals surface area (Å²) >= 11 is 1.91. The van der Waals surface area contributed by atoms with Gasteiger partial charge in [0.05, 0.1) is 0 Å². The maximum Gasteiger partial charge on any atom is 0.358 e. The van der Waals surface area contributed by atoms with E-state index in [-0.39, 0.29) is 5.69 Å². The van der Waals surface area contributed by atoms with E-state index in [1.807, 2.05) is 30.0 Å². The van der Waals surface area contributed by atoms with Crippen molar-refractivity contribution in [3.63, 3.8) is 0 Å². The number of carbonyl (C=O) groups is 1. The van der Waals surface area contributed by atoms with Crippen LogP contribution in [0.3, 0.4) is 0 Å². The van der Waals surface area contributed by atoms with Crippen LogP contribution in [0.4, 0.5) is 0 Å². The molecular formula is C13H11NO3S. The van der Waals surface area contributed by atoms with E-state index in [9.17, 15) is 4.79 Å². The Morgan fingerprint density at radius 3 is 2.78 bits per heavy atom. The van der Waals surface area contributed by atoms with Crippen molar-refractivity contribution in [2.45, 2.75) is 5.92 Å². The van der Waals surface area contributed by atoms with E-state index in [4.69, 9.17) is 9.63 Å². The molecule has 2 heterocycles. The number of carboxylic acids is 1. The highest BCUT2D eigenvalue weighted by Gasteiger charge is 2.24. The average molecular weight is 261 g/mol. The third-order valence-electron chi connectivity index (χ3n) is 3.03. The van der Waals surface area contributed by atoms with Gasteiger partial charge in [0.1, 0.15) is 0 Å². The number of rotatable bonds is 3. The molecule has 1 aliphatic heterocycles. The molecular weight excluding hydrogens is 250 g/mol. The molecule has 1 aliphatic rings. The number of hydrogen-bond donors (Lipinski definition) is 1. The minimum absolute atomic E-state index is 0.0530. The molecule has 0 radical (unpaired) electrons. The summed E-state index contributed by atoms with van der Waals surface area (Å²) in [4.78, 5) is 10.8. The molecule has 4 nitrogen and oxygen atoms in total. The highest BCUT2D eigenvalue weighted by atomic mass is 32.2. The molecule has 1 fully saturated rings. The molecule has 0 bridgehead atoms. The Labute approximate surface area is 108 Å². The van der Waals surface area contributed by atoms with E-state index in [2.05, 4.69) is 11.2 Å². The number of nitrogens with zero attached hydrogens (tertiary/aromatic N) is 1. The molecule has 0 saturated carbocycles. The molecule has 1 aromatic heterocycles. The maximum absolute atomic E-state index is 10.8. The van der Waals surface area contributed by atoms with Gasteiger partial charge in [0, 0.05) is 29.1 Å². The SMILES string of the molecule is O=C(O)c1cc(-c2ccccc2C2CSC2)on1. The molecule has 0 aliphatic carbocycles. The lowest BCUT2D eigenvalue weighted by Gasteiger charge is -2.26. The molecule has 2 aromatic rings. The Hall–Kier alpha value is -1.75. The van der Waals surface area contributed by atoms with Gasteiger partial charge in [-0.2, -0.15) is 11.8 Å². The van der Waals surface area contributed by atoms with Gasteiger partial charge < -0.3 is 9.63 Å². The highest BCUT2D eigenvalue weighted by Crippen LogP contribution is 2.39. The summed E-state index contributed by atoms with van der Waals surface area (Å²) in [7, 11) is 0. The van der Waals surface area contributed by atoms with Gasteiger partial charge in [-0.25, -0.2) is 4.79 Å². The Morgan fingerprint density at radius 2 is 2.17 bits per heavy atom. The largest absolute Gasteiger partial charge is 0.476 e. The zero-order chi connectivity index (χ0) is 12.5. The first-order valence-corrected chi connectivity index (χ1v) is 6.78. The first-order chi connectivity index (χ1) is 8.75. The van der Waals surface area contributed by atoms with Crippen LogP contribution < -0.4 is 0 Å². The molecule has 3 rings (SSSR count). The van der Waals surface area contributed by atoms with Crippen LogP contribution in [-0.2, 0) is 0 Å². The van der Waals surface area contributed by atoms with Crippen molar-refractivity contribution in [2.24, 2.45) is 0 Å². The summed E-state index contributed by atoms with van der Waals surface area (Å²) in [6.45, 7) is 0. The summed E-state index contributed by atoms with van der Waals surface area (Å²) in [6, 6.07) is 9.42. The Kier molecular flexibility index (Phi) is 2.83. The smallest absolute Gasteiger partial charge is 0.358 e. The lowest BCUT2D eigenvalue weighted by atomic mass is 9.95. The van der Waals surface area contributed by atoms with Crippen LogP contribution in [0.5, 0.6) is 0 Å². The Morgan fingerprint density at radius 1 is 1.39 bits per heavy atom. The van der Waals surface area contributed by atoms with Crippen LogP contribution in [0.2, 0.25) is 0 Å². The minimum atomic E-state index is -1.07. The standard InChI is InChI=1S/C13H11NO3S/c15-13(16)11-5-12(17-14-11)10-4-2-1-3-9(10)8-6-18-7-8/h1-5,8H,6-7H2,(H,15,16). The molecule has 0 unspecified atom stereocenters. The van der Waals surface area contributed by atoms with Gasteiger partial charge in [-0.05, 0) is 5.56 Å². The van der Waals surface area contributed by atoms with Crippen molar-refractivity contribution < 1.29 is 14.4 Å². The van der Waals surface area contributed by atoms with Gasteiger partial charge >= 0.3 is 5.97 Å². The predicted octanol–water partition coefficient (Wildman–Crippen LogP) is 2.87. The van der Waals surface area contributed by atoms with Crippen molar-refractivity contribution in [3.8, 4) is 11.3 Å². The van der Waals surface area contributed by atoms with Gasteiger partial charge in [0.2, 0.25) is 0 Å². The first kappa shape index (κ1) is 11.3. The third kappa shape index (κ3) is 1.90. The molecule has 92 valence electrons. The van der Waals surface area contributed by atoms with Gasteiger partial charge in [-0.1, -0.05) is 29.4 Å². The van der Waals surface area contributed by atoms with Crippen LogP contribution in [0, 0.1) is 0 Å². The summed E-state index contributed by atoms with van der Waals surface area (Å²) < 4.78 is 5.13. The highest BCUT2D eigenvalue weighted by molar-refractivity contribution is 8.00. The number of benzene rings is 1. The third-order valence-corrected chi connectivity index (χ3v) is 4.31. The van der Waals surface area contributed by atoms with Gasteiger partial charge in [0.15, 0.2) is 11.5 Å². The molecule has 18 heavy (non-hydrogen) atoms. The summed E-state index contributed by atoms with van der Waals surface area (Å²) in [5.74, 6) is 2.21. The molecule has 0 spiro atoms. The van der Waals surface area contributed by atoms with E-state index in [1.54, 1.807) is 0 Å². The molecule has 5 heteroatoms. The topological polar surface area (TPSA) is 63.3 Å². The van der Waals surface area contributed by atoms with Crippen molar-refractivity contribution in [3.05, 3.63) is 41.6 Å². The Bertz CT molecular complexity index is 589. The number of carboxylic acid groups (broad SMARTS) is 1. The lowest BCUT2D eigenvalue weighted by molar-refractivity contribution is 0.0686. The van der Waals surface area contributed by atoms with E-state index in [1.165, 1.54) is 11.6 Å². The van der Waals surface area contributed by atoms with Crippen molar-refractivity contribution >= 4 is 17.7 Å². The molecule has 0 atom stereocenters. The summed E-state index contributed by atoms with van der Waals surface area (Å²) in [5.41, 5.74) is 2.11. The summed E-state index contributed by atoms with van der Waals surface area (Å²) in [6.07, 6.45) is 0. The second-order valence-electron chi connectivity index (χ2n) is 4.20. The predicted molar refractivity (Wildman–Crippen MR) is 69.0 cm³/mol. The van der Waals surface area contributed by atoms with Crippen LogP contribution in [0.15, 0.2) is 34.9 Å². The number of thioether (sulfide) groups is 1. The van der Waals surface area contributed by atoms with E-state index < -0.39 is 5.97 Å². The van der Waals surface area contributed by atoms with Crippen LogP contribution in [-0.4, -0.2) is 27.7 Å². The number of aromatic nitrogens is 1. The molecule has 1 N–H and O–H groups in total. The van der Waals surface area contributed by atoms with Gasteiger partial charge in [-0.15, -0.1) is 0 Å². The van der Waals surface area contributed by atoms with Gasteiger partial charge in [-0.3, -0.25) is 0 Å². The quantitative estimate of drug-likeness (QED) is 0.920. The minimum Gasteiger partial charge on any atom is -0.476 e. The van der Waals surface area contributed by atoms with Crippen LogP contribution in [0.1, 0.15) is 22.0 Å². The second-order valence-corrected chi connectivity index (χ2v) is 5.28.